The zero-order valence-corrected chi connectivity index (χ0v) is 8.16. The van der Waals surface area contributed by atoms with E-state index in [0.717, 1.165) is 12.1 Å². The fraction of sp³-hybridized carbons (Fsp3) is 0.455. The maximum absolute atomic E-state index is 5.99. The van der Waals surface area contributed by atoms with Gasteiger partial charge in [0.05, 0.1) is 0 Å². The zero-order valence-electron chi connectivity index (χ0n) is 8.16. The molecule has 1 atom stereocenters. The number of hydrogen-bond acceptors (Lipinski definition) is 2. The van der Waals surface area contributed by atoms with Crippen molar-refractivity contribution < 1.29 is 0 Å². The van der Waals surface area contributed by atoms with E-state index in [1.807, 2.05) is 24.3 Å². The Kier molecular flexibility index (Phi) is 3.77. The van der Waals surface area contributed by atoms with Gasteiger partial charge in [-0.3, -0.25) is 0 Å². The van der Waals surface area contributed by atoms with Crippen LogP contribution in [0.2, 0.25) is 0 Å². The fourth-order valence-corrected chi connectivity index (χ4v) is 1.33. The van der Waals surface area contributed by atoms with Crippen LogP contribution in [0.1, 0.15) is 37.8 Å². The molecule has 1 aromatic carbocycles. The predicted octanol–water partition coefficient (Wildman–Crippen LogP) is 2.46. The van der Waals surface area contributed by atoms with Crippen LogP contribution < -0.4 is 11.5 Å². The zero-order chi connectivity index (χ0) is 9.68. The number of anilines is 1. The Hall–Kier alpha value is -1.02. The van der Waals surface area contributed by atoms with Crippen molar-refractivity contribution in [3.63, 3.8) is 0 Å². The molecule has 0 spiro atoms. The summed E-state index contributed by atoms with van der Waals surface area (Å²) >= 11 is 0. The Morgan fingerprint density at radius 1 is 1.23 bits per heavy atom. The fourth-order valence-electron chi connectivity index (χ4n) is 1.33. The van der Waals surface area contributed by atoms with Crippen LogP contribution in [-0.4, -0.2) is 0 Å². The molecule has 0 saturated carbocycles. The van der Waals surface area contributed by atoms with Gasteiger partial charge in [0, 0.05) is 11.7 Å². The number of benzene rings is 1. The van der Waals surface area contributed by atoms with Crippen LogP contribution in [0.5, 0.6) is 0 Å². The number of hydrogen-bond donors (Lipinski definition) is 2. The molecule has 0 bridgehead atoms. The number of nitrogens with two attached hydrogens (primary N) is 2. The lowest BCUT2D eigenvalue weighted by Gasteiger charge is -2.11. The molecule has 72 valence electrons. The average molecular weight is 178 g/mol. The van der Waals surface area contributed by atoms with Crippen molar-refractivity contribution in [1.29, 1.82) is 0 Å². The normalized spacial score (nSPS) is 12.8. The highest BCUT2D eigenvalue weighted by Crippen LogP contribution is 2.17. The molecule has 4 N–H and O–H groups in total. The largest absolute Gasteiger partial charge is 0.399 e. The summed E-state index contributed by atoms with van der Waals surface area (Å²) in [7, 11) is 0. The van der Waals surface area contributed by atoms with Crippen molar-refractivity contribution in [2.45, 2.75) is 32.2 Å². The van der Waals surface area contributed by atoms with Crippen LogP contribution >= 0.6 is 0 Å². The summed E-state index contributed by atoms with van der Waals surface area (Å²) in [6.07, 6.45) is 3.44. The van der Waals surface area contributed by atoms with Crippen molar-refractivity contribution in [2.75, 3.05) is 5.73 Å². The van der Waals surface area contributed by atoms with Crippen LogP contribution in [0.4, 0.5) is 5.69 Å². The minimum atomic E-state index is 0.167. The molecular weight excluding hydrogens is 160 g/mol. The van der Waals surface area contributed by atoms with Crippen molar-refractivity contribution in [3.05, 3.63) is 29.8 Å². The summed E-state index contributed by atoms with van der Waals surface area (Å²) in [5.41, 5.74) is 13.6. The number of nitrogen functional groups attached to an aromatic ring is 1. The minimum Gasteiger partial charge on any atom is -0.399 e. The van der Waals surface area contributed by atoms with Crippen LogP contribution in [0, 0.1) is 0 Å². The van der Waals surface area contributed by atoms with Crippen LogP contribution in [0.3, 0.4) is 0 Å². The summed E-state index contributed by atoms with van der Waals surface area (Å²) in [5, 5.41) is 0. The first-order chi connectivity index (χ1) is 6.24. The van der Waals surface area contributed by atoms with Crippen molar-refractivity contribution in [3.8, 4) is 0 Å². The van der Waals surface area contributed by atoms with E-state index in [1.54, 1.807) is 0 Å². The number of rotatable bonds is 4. The topological polar surface area (TPSA) is 52.0 Å². The monoisotopic (exact) mass is 178 g/mol. The van der Waals surface area contributed by atoms with Gasteiger partial charge >= 0.3 is 0 Å². The van der Waals surface area contributed by atoms with E-state index in [-0.39, 0.29) is 6.04 Å². The van der Waals surface area contributed by atoms with E-state index < -0.39 is 0 Å². The summed E-state index contributed by atoms with van der Waals surface area (Å²) in [6.45, 7) is 2.18. The summed E-state index contributed by atoms with van der Waals surface area (Å²) in [5.74, 6) is 0. The first-order valence-corrected chi connectivity index (χ1v) is 4.85. The van der Waals surface area contributed by atoms with Gasteiger partial charge in [-0.15, -0.1) is 0 Å². The highest BCUT2D eigenvalue weighted by Gasteiger charge is 2.03. The van der Waals surface area contributed by atoms with Gasteiger partial charge in [0.25, 0.3) is 0 Å². The smallest absolute Gasteiger partial charge is 0.0314 e. The van der Waals surface area contributed by atoms with Crippen molar-refractivity contribution in [1.82, 2.24) is 0 Å². The SMILES string of the molecule is CCCCC(N)c1ccc(N)cc1. The van der Waals surface area contributed by atoms with Crippen LogP contribution in [0.25, 0.3) is 0 Å². The standard InChI is InChI=1S/C11H18N2/c1-2-3-4-11(13)9-5-7-10(12)8-6-9/h5-8,11H,2-4,12-13H2,1H3. The summed E-state index contributed by atoms with van der Waals surface area (Å²) in [6, 6.07) is 7.99. The van der Waals surface area contributed by atoms with Gasteiger partial charge in [-0.2, -0.15) is 0 Å². The lowest BCUT2D eigenvalue weighted by Crippen LogP contribution is -2.09. The third-order valence-corrected chi connectivity index (χ3v) is 2.23. The van der Waals surface area contributed by atoms with Crippen LogP contribution in [-0.2, 0) is 0 Å². The predicted molar refractivity (Wildman–Crippen MR) is 57.3 cm³/mol. The number of unbranched alkanes of at least 4 members (excludes halogenated alkanes) is 1. The van der Waals surface area contributed by atoms with E-state index in [0.29, 0.717) is 0 Å². The van der Waals surface area contributed by atoms with Gasteiger partial charge in [-0.05, 0) is 24.1 Å². The van der Waals surface area contributed by atoms with E-state index in [2.05, 4.69) is 6.92 Å². The minimum absolute atomic E-state index is 0.167. The maximum atomic E-state index is 5.99. The molecule has 0 aromatic heterocycles. The highest BCUT2D eigenvalue weighted by atomic mass is 14.6. The lowest BCUT2D eigenvalue weighted by atomic mass is 10.0. The Morgan fingerprint density at radius 2 is 1.85 bits per heavy atom. The van der Waals surface area contributed by atoms with E-state index in [4.69, 9.17) is 11.5 Å². The van der Waals surface area contributed by atoms with E-state index in [1.165, 1.54) is 18.4 Å². The molecule has 1 rings (SSSR count). The Balaban J connectivity index is 2.55. The van der Waals surface area contributed by atoms with Gasteiger partial charge in [0.15, 0.2) is 0 Å². The molecular formula is C11H18N2. The van der Waals surface area contributed by atoms with Crippen molar-refractivity contribution in [2.24, 2.45) is 5.73 Å². The van der Waals surface area contributed by atoms with E-state index >= 15 is 0 Å². The molecule has 0 aliphatic rings. The van der Waals surface area contributed by atoms with Gasteiger partial charge in [-0.25, -0.2) is 0 Å². The molecule has 2 nitrogen and oxygen atoms in total. The molecule has 13 heavy (non-hydrogen) atoms. The quantitative estimate of drug-likeness (QED) is 0.696. The molecule has 0 aliphatic heterocycles. The summed E-state index contributed by atoms with van der Waals surface area (Å²) in [4.78, 5) is 0. The molecule has 0 radical (unpaired) electrons. The second-order valence-corrected chi connectivity index (χ2v) is 3.42. The molecule has 1 unspecified atom stereocenters. The molecule has 0 fully saturated rings. The van der Waals surface area contributed by atoms with Gasteiger partial charge in [-0.1, -0.05) is 31.9 Å². The summed E-state index contributed by atoms with van der Waals surface area (Å²) < 4.78 is 0. The Labute approximate surface area is 79.9 Å². The van der Waals surface area contributed by atoms with Gasteiger partial charge in [0.1, 0.15) is 0 Å². The third kappa shape index (κ3) is 3.07. The maximum Gasteiger partial charge on any atom is 0.0314 e. The average Bonchev–Trinajstić information content (AvgIpc) is 2.15. The third-order valence-electron chi connectivity index (χ3n) is 2.23. The molecule has 0 saturated heterocycles. The van der Waals surface area contributed by atoms with Gasteiger partial charge < -0.3 is 11.5 Å². The Morgan fingerprint density at radius 3 is 2.38 bits per heavy atom. The second-order valence-electron chi connectivity index (χ2n) is 3.42. The molecule has 1 aromatic rings. The molecule has 2 heteroatoms. The molecule has 0 amide bonds. The first kappa shape index (κ1) is 10.1. The first-order valence-electron chi connectivity index (χ1n) is 4.85. The molecule has 0 aliphatic carbocycles. The molecule has 0 heterocycles. The van der Waals surface area contributed by atoms with E-state index in [9.17, 15) is 0 Å². The lowest BCUT2D eigenvalue weighted by molar-refractivity contribution is 0.603. The Bertz CT molecular complexity index is 241. The second kappa shape index (κ2) is 4.87. The van der Waals surface area contributed by atoms with Gasteiger partial charge in [0.2, 0.25) is 0 Å². The van der Waals surface area contributed by atoms with Crippen molar-refractivity contribution >= 4 is 5.69 Å². The van der Waals surface area contributed by atoms with Crippen LogP contribution in [0.15, 0.2) is 24.3 Å². The highest BCUT2D eigenvalue weighted by molar-refractivity contribution is 5.39.